The molecule has 0 unspecified atom stereocenters. The maximum absolute atomic E-state index is 12.9. The molecule has 0 aromatic heterocycles. The Morgan fingerprint density at radius 2 is 1.63 bits per heavy atom. The molecule has 0 bridgehead atoms. The highest BCUT2D eigenvalue weighted by atomic mass is 16.2. The van der Waals surface area contributed by atoms with Crippen molar-refractivity contribution in [3.63, 3.8) is 0 Å². The first kappa shape index (κ1) is 19.0. The maximum Gasteiger partial charge on any atom is 0.255 e. The van der Waals surface area contributed by atoms with E-state index in [0.717, 1.165) is 18.5 Å². The molecule has 0 aliphatic heterocycles. The van der Waals surface area contributed by atoms with Crippen LogP contribution in [-0.2, 0) is 0 Å². The van der Waals surface area contributed by atoms with E-state index in [1.165, 1.54) is 19.3 Å². The van der Waals surface area contributed by atoms with Gasteiger partial charge in [0.15, 0.2) is 0 Å². The Hall–Kier alpha value is -2.82. The summed E-state index contributed by atoms with van der Waals surface area (Å²) < 4.78 is 0. The Kier molecular flexibility index (Phi) is 6.12. The highest BCUT2D eigenvalue weighted by Gasteiger charge is 2.20. The van der Waals surface area contributed by atoms with E-state index in [2.05, 4.69) is 10.6 Å². The fourth-order valence-electron chi connectivity index (χ4n) is 3.49. The Labute approximate surface area is 160 Å². The zero-order chi connectivity index (χ0) is 19.2. The molecule has 0 saturated heterocycles. The number of benzene rings is 2. The molecule has 0 heterocycles. The minimum Gasteiger partial charge on any atom is -0.377 e. The van der Waals surface area contributed by atoms with Crippen LogP contribution in [0.1, 0.15) is 52.8 Å². The Balaban J connectivity index is 1.79. The smallest absolute Gasteiger partial charge is 0.255 e. The van der Waals surface area contributed by atoms with Crippen LogP contribution in [0.3, 0.4) is 0 Å². The lowest BCUT2D eigenvalue weighted by Crippen LogP contribution is -2.36. The average molecular weight is 365 g/mol. The standard InChI is InChI=1S/C22H27N3O2/c1-25(2)20-14-13-18(24-21(26)16-9-5-3-6-10-16)15-19(20)22(27)23-17-11-7-4-8-12-17/h3,5-6,9-10,13-15,17H,4,7-8,11-12H2,1-2H3,(H,23,27)(H,24,26). The topological polar surface area (TPSA) is 61.4 Å². The Morgan fingerprint density at radius 3 is 2.30 bits per heavy atom. The number of nitrogens with zero attached hydrogens (tertiary/aromatic N) is 1. The minimum atomic E-state index is -0.188. The second-order valence-electron chi connectivity index (χ2n) is 7.25. The number of carbonyl (C=O) groups is 2. The summed E-state index contributed by atoms with van der Waals surface area (Å²) in [4.78, 5) is 27.2. The summed E-state index contributed by atoms with van der Waals surface area (Å²) in [6.45, 7) is 0. The number of hydrogen-bond donors (Lipinski definition) is 2. The van der Waals surface area contributed by atoms with Gasteiger partial charge in [0, 0.05) is 37.1 Å². The molecule has 3 rings (SSSR count). The van der Waals surface area contributed by atoms with Crippen LogP contribution in [0, 0.1) is 0 Å². The van der Waals surface area contributed by atoms with Gasteiger partial charge in [-0.1, -0.05) is 37.5 Å². The molecule has 1 aliphatic carbocycles. The van der Waals surface area contributed by atoms with Crippen molar-refractivity contribution in [2.24, 2.45) is 0 Å². The molecule has 2 amide bonds. The van der Waals surface area contributed by atoms with Crippen LogP contribution in [0.25, 0.3) is 0 Å². The van der Waals surface area contributed by atoms with E-state index in [-0.39, 0.29) is 17.9 Å². The molecule has 0 radical (unpaired) electrons. The first-order valence-electron chi connectivity index (χ1n) is 9.53. The maximum atomic E-state index is 12.9. The van der Waals surface area contributed by atoms with Crippen molar-refractivity contribution in [2.45, 2.75) is 38.1 Å². The lowest BCUT2D eigenvalue weighted by Gasteiger charge is -2.24. The van der Waals surface area contributed by atoms with Crippen molar-refractivity contribution >= 4 is 23.2 Å². The van der Waals surface area contributed by atoms with E-state index in [1.807, 2.05) is 49.3 Å². The molecule has 0 spiro atoms. The Bertz CT molecular complexity index is 796. The van der Waals surface area contributed by atoms with Crippen LogP contribution < -0.4 is 15.5 Å². The van der Waals surface area contributed by atoms with Crippen LogP contribution in [0.2, 0.25) is 0 Å². The summed E-state index contributed by atoms with van der Waals surface area (Å²) in [5.74, 6) is -0.270. The van der Waals surface area contributed by atoms with Gasteiger partial charge in [0.1, 0.15) is 0 Å². The van der Waals surface area contributed by atoms with Gasteiger partial charge in [-0.15, -0.1) is 0 Å². The zero-order valence-electron chi connectivity index (χ0n) is 16.0. The summed E-state index contributed by atoms with van der Waals surface area (Å²) in [6, 6.07) is 14.7. The first-order chi connectivity index (χ1) is 13.0. The van der Waals surface area contributed by atoms with Gasteiger partial charge in [-0.25, -0.2) is 0 Å². The number of nitrogens with one attached hydrogen (secondary N) is 2. The fraction of sp³-hybridized carbons (Fsp3) is 0.364. The van der Waals surface area contributed by atoms with Gasteiger partial charge in [0.25, 0.3) is 11.8 Å². The van der Waals surface area contributed by atoms with E-state index in [0.29, 0.717) is 16.8 Å². The lowest BCUT2D eigenvalue weighted by molar-refractivity contribution is 0.0927. The third kappa shape index (κ3) is 4.88. The third-order valence-corrected chi connectivity index (χ3v) is 4.96. The van der Waals surface area contributed by atoms with E-state index in [9.17, 15) is 9.59 Å². The first-order valence-corrected chi connectivity index (χ1v) is 9.53. The molecule has 142 valence electrons. The largest absolute Gasteiger partial charge is 0.377 e. The van der Waals surface area contributed by atoms with Crippen LogP contribution in [0.4, 0.5) is 11.4 Å². The number of anilines is 2. The molecule has 1 fully saturated rings. The summed E-state index contributed by atoms with van der Waals surface area (Å²) in [5.41, 5.74) is 2.61. The molecule has 1 aliphatic rings. The summed E-state index contributed by atoms with van der Waals surface area (Å²) >= 11 is 0. The van der Waals surface area contributed by atoms with Gasteiger partial charge in [-0.3, -0.25) is 9.59 Å². The molecule has 5 heteroatoms. The van der Waals surface area contributed by atoms with Crippen LogP contribution in [-0.4, -0.2) is 32.0 Å². The summed E-state index contributed by atoms with van der Waals surface area (Å²) in [5, 5.41) is 6.05. The van der Waals surface area contributed by atoms with Crippen molar-refractivity contribution < 1.29 is 9.59 Å². The van der Waals surface area contributed by atoms with Crippen LogP contribution in [0.15, 0.2) is 48.5 Å². The molecule has 2 N–H and O–H groups in total. The monoisotopic (exact) mass is 365 g/mol. The highest BCUT2D eigenvalue weighted by Crippen LogP contribution is 2.25. The molecule has 2 aromatic rings. The quantitative estimate of drug-likeness (QED) is 0.840. The second kappa shape index (κ2) is 8.71. The summed E-state index contributed by atoms with van der Waals surface area (Å²) in [6.07, 6.45) is 5.65. The van der Waals surface area contributed by atoms with Crippen molar-refractivity contribution in [3.8, 4) is 0 Å². The zero-order valence-corrected chi connectivity index (χ0v) is 16.0. The minimum absolute atomic E-state index is 0.0820. The third-order valence-electron chi connectivity index (χ3n) is 4.96. The number of amides is 2. The second-order valence-corrected chi connectivity index (χ2v) is 7.25. The molecule has 5 nitrogen and oxygen atoms in total. The summed E-state index contributed by atoms with van der Waals surface area (Å²) in [7, 11) is 3.82. The van der Waals surface area contributed by atoms with E-state index in [1.54, 1.807) is 18.2 Å². The van der Waals surface area contributed by atoms with Crippen LogP contribution >= 0.6 is 0 Å². The fourth-order valence-corrected chi connectivity index (χ4v) is 3.49. The predicted octanol–water partition coefficient (Wildman–Crippen LogP) is 4.07. The predicted molar refractivity (Wildman–Crippen MR) is 110 cm³/mol. The molecule has 0 atom stereocenters. The Morgan fingerprint density at radius 1 is 0.926 bits per heavy atom. The van der Waals surface area contributed by atoms with Crippen molar-refractivity contribution in [2.75, 3.05) is 24.3 Å². The molecular formula is C22H27N3O2. The van der Waals surface area contributed by atoms with Gasteiger partial charge >= 0.3 is 0 Å². The van der Waals surface area contributed by atoms with Gasteiger partial charge in [-0.2, -0.15) is 0 Å². The molecule has 1 saturated carbocycles. The van der Waals surface area contributed by atoms with E-state index >= 15 is 0 Å². The SMILES string of the molecule is CN(C)c1ccc(NC(=O)c2ccccc2)cc1C(=O)NC1CCCCC1. The molecule has 27 heavy (non-hydrogen) atoms. The van der Waals surface area contributed by atoms with E-state index in [4.69, 9.17) is 0 Å². The van der Waals surface area contributed by atoms with Gasteiger partial charge in [0.05, 0.1) is 5.56 Å². The number of hydrogen-bond acceptors (Lipinski definition) is 3. The van der Waals surface area contributed by atoms with Gasteiger partial charge < -0.3 is 15.5 Å². The van der Waals surface area contributed by atoms with Gasteiger partial charge in [0.2, 0.25) is 0 Å². The molecular weight excluding hydrogens is 338 g/mol. The number of rotatable bonds is 5. The van der Waals surface area contributed by atoms with Crippen molar-refractivity contribution in [1.29, 1.82) is 0 Å². The van der Waals surface area contributed by atoms with E-state index < -0.39 is 0 Å². The van der Waals surface area contributed by atoms with Crippen molar-refractivity contribution in [3.05, 3.63) is 59.7 Å². The van der Waals surface area contributed by atoms with Gasteiger partial charge in [-0.05, 0) is 43.2 Å². The average Bonchev–Trinajstić information content (AvgIpc) is 2.69. The number of carbonyl (C=O) groups excluding carboxylic acids is 2. The normalized spacial score (nSPS) is 14.4. The van der Waals surface area contributed by atoms with Crippen LogP contribution in [0.5, 0.6) is 0 Å². The van der Waals surface area contributed by atoms with Crippen molar-refractivity contribution in [1.82, 2.24) is 5.32 Å². The molecule has 2 aromatic carbocycles. The highest BCUT2D eigenvalue weighted by molar-refractivity contribution is 6.06. The lowest BCUT2D eigenvalue weighted by atomic mass is 9.95.